The van der Waals surface area contributed by atoms with Crippen molar-refractivity contribution in [3.8, 4) is 12.1 Å². The number of benzene rings is 1. The largest absolute Gasteiger partial charge is 0.366 e. The van der Waals surface area contributed by atoms with Crippen molar-refractivity contribution in [1.82, 2.24) is 10.3 Å². The van der Waals surface area contributed by atoms with Gasteiger partial charge in [-0.2, -0.15) is 10.5 Å². The van der Waals surface area contributed by atoms with Crippen molar-refractivity contribution in [3.63, 3.8) is 0 Å². The molecule has 0 aliphatic carbocycles. The smallest absolute Gasteiger partial charge is 0.272 e. The third kappa shape index (κ3) is 8.09. The summed E-state index contributed by atoms with van der Waals surface area (Å²) in [6.07, 6.45) is 3.66. The highest BCUT2D eigenvalue weighted by atomic mass is 16.2. The average Bonchev–Trinajstić information content (AvgIpc) is 2.79. The zero-order valence-electron chi connectivity index (χ0n) is 19.5. The van der Waals surface area contributed by atoms with Gasteiger partial charge < -0.3 is 21.7 Å². The third-order valence-electron chi connectivity index (χ3n) is 4.07. The molecule has 5 N–H and O–H groups in total. The van der Waals surface area contributed by atoms with Crippen LogP contribution in [0.4, 0.5) is 11.5 Å². The van der Waals surface area contributed by atoms with Crippen molar-refractivity contribution < 1.29 is 14.4 Å². The Labute approximate surface area is 198 Å². The Kier molecular flexibility index (Phi) is 11.0. The lowest BCUT2D eigenvalue weighted by Crippen LogP contribution is -2.28. The van der Waals surface area contributed by atoms with E-state index in [1.165, 1.54) is 24.8 Å². The summed E-state index contributed by atoms with van der Waals surface area (Å²) in [5.74, 6) is -1.93. The zero-order chi connectivity index (χ0) is 25.7. The fourth-order valence-electron chi connectivity index (χ4n) is 2.64. The number of carbonyl (C=O) groups is 3. The number of aromatic nitrogens is 1. The van der Waals surface area contributed by atoms with E-state index in [0.717, 1.165) is 11.6 Å². The van der Waals surface area contributed by atoms with Gasteiger partial charge in [-0.25, -0.2) is 4.98 Å². The lowest BCUT2D eigenvalue weighted by atomic mass is 10.0. The first kappa shape index (κ1) is 27.3. The van der Waals surface area contributed by atoms with Crippen molar-refractivity contribution in [3.05, 3.63) is 64.5 Å². The molecule has 176 valence electrons. The van der Waals surface area contributed by atoms with E-state index in [2.05, 4.69) is 34.8 Å². The standard InChI is InChI=1S/C21H19N7O3.C3H8/c1-12-4-3-6-25-19(12)27-16(10-17(24)29)21(31)28-18-13(2)8-14(11-23)9-15(18)20(30)26-7-5-22;1-3-2/h3-4,6,8-10H,7H2,1-2H3,(H2,24,29)(H,25,27)(H,26,30)(H,28,31);3H2,1-2H3/b16-10-;. The molecule has 0 fully saturated rings. The number of hydrogen-bond acceptors (Lipinski definition) is 7. The summed E-state index contributed by atoms with van der Waals surface area (Å²) in [6, 6.07) is 9.98. The predicted molar refractivity (Wildman–Crippen MR) is 128 cm³/mol. The maximum atomic E-state index is 12.9. The second kappa shape index (κ2) is 13.7. The van der Waals surface area contributed by atoms with E-state index in [1.54, 1.807) is 32.0 Å². The molecule has 2 aromatic rings. The first-order valence-electron chi connectivity index (χ1n) is 10.4. The molecule has 1 aromatic carbocycles. The molecule has 2 rings (SSSR count). The Bertz CT molecular complexity index is 1170. The highest BCUT2D eigenvalue weighted by molar-refractivity contribution is 6.12. The number of pyridine rings is 1. The van der Waals surface area contributed by atoms with Crippen LogP contribution in [0, 0.1) is 36.5 Å². The van der Waals surface area contributed by atoms with E-state index < -0.39 is 17.7 Å². The molecular formula is C24H27N7O3. The number of anilines is 2. The van der Waals surface area contributed by atoms with Gasteiger partial charge >= 0.3 is 0 Å². The number of nitrogens with one attached hydrogen (secondary N) is 3. The molecular weight excluding hydrogens is 434 g/mol. The number of nitrogens with zero attached hydrogens (tertiary/aromatic N) is 3. The fraction of sp³-hybridized carbons (Fsp3) is 0.250. The van der Waals surface area contributed by atoms with Gasteiger partial charge in [0.1, 0.15) is 18.1 Å². The third-order valence-corrected chi connectivity index (χ3v) is 4.07. The van der Waals surface area contributed by atoms with Gasteiger partial charge in [0.25, 0.3) is 11.8 Å². The van der Waals surface area contributed by atoms with E-state index in [-0.39, 0.29) is 29.1 Å². The Morgan fingerprint density at radius 3 is 2.35 bits per heavy atom. The normalized spacial score (nSPS) is 10.0. The van der Waals surface area contributed by atoms with Crippen LogP contribution < -0.4 is 21.7 Å². The Morgan fingerprint density at radius 1 is 1.12 bits per heavy atom. The van der Waals surface area contributed by atoms with Crippen LogP contribution in [-0.2, 0) is 9.59 Å². The highest BCUT2D eigenvalue weighted by Gasteiger charge is 2.20. The second-order valence-corrected chi connectivity index (χ2v) is 7.08. The maximum Gasteiger partial charge on any atom is 0.272 e. The lowest BCUT2D eigenvalue weighted by molar-refractivity contribution is -0.115. The minimum atomic E-state index is -0.866. The van der Waals surface area contributed by atoms with Gasteiger partial charge in [0.05, 0.1) is 29.0 Å². The predicted octanol–water partition coefficient (Wildman–Crippen LogP) is 2.66. The first-order chi connectivity index (χ1) is 16.2. The van der Waals surface area contributed by atoms with Crippen LogP contribution in [0.2, 0.25) is 0 Å². The summed E-state index contributed by atoms with van der Waals surface area (Å²) >= 11 is 0. The number of amides is 3. The molecule has 0 unspecified atom stereocenters. The molecule has 0 bridgehead atoms. The summed E-state index contributed by atoms with van der Waals surface area (Å²) in [5, 5.41) is 25.6. The molecule has 1 aromatic heterocycles. The van der Waals surface area contributed by atoms with E-state index in [0.29, 0.717) is 11.4 Å². The van der Waals surface area contributed by atoms with Gasteiger partial charge in [0.2, 0.25) is 5.91 Å². The summed E-state index contributed by atoms with van der Waals surface area (Å²) < 4.78 is 0. The number of primary amides is 1. The topological polar surface area (TPSA) is 174 Å². The van der Waals surface area contributed by atoms with Crippen LogP contribution in [0.5, 0.6) is 0 Å². The average molecular weight is 462 g/mol. The van der Waals surface area contributed by atoms with Crippen LogP contribution in [-0.4, -0.2) is 29.3 Å². The molecule has 1 heterocycles. The van der Waals surface area contributed by atoms with Crippen molar-refractivity contribution >= 4 is 29.2 Å². The number of aryl methyl sites for hydroxylation is 2. The number of nitriles is 2. The van der Waals surface area contributed by atoms with Crippen molar-refractivity contribution in [2.75, 3.05) is 17.2 Å². The quantitative estimate of drug-likeness (QED) is 0.362. The molecule has 34 heavy (non-hydrogen) atoms. The number of carbonyl (C=O) groups excluding carboxylic acids is 3. The molecule has 10 nitrogen and oxygen atoms in total. The van der Waals surface area contributed by atoms with Crippen LogP contribution in [0.25, 0.3) is 0 Å². The summed E-state index contributed by atoms with van der Waals surface area (Å²) in [4.78, 5) is 41.0. The van der Waals surface area contributed by atoms with Gasteiger partial charge in [0, 0.05) is 12.3 Å². The molecule has 0 aliphatic rings. The minimum Gasteiger partial charge on any atom is -0.366 e. The summed E-state index contributed by atoms with van der Waals surface area (Å²) in [5.41, 5.74) is 6.50. The van der Waals surface area contributed by atoms with Gasteiger partial charge in [-0.15, -0.1) is 0 Å². The lowest BCUT2D eigenvalue weighted by Gasteiger charge is -2.16. The Hall–Kier alpha value is -4.70. The summed E-state index contributed by atoms with van der Waals surface area (Å²) in [7, 11) is 0. The number of nitrogens with two attached hydrogens (primary N) is 1. The zero-order valence-corrected chi connectivity index (χ0v) is 19.5. The molecule has 0 atom stereocenters. The molecule has 0 spiro atoms. The molecule has 3 amide bonds. The fourth-order valence-corrected chi connectivity index (χ4v) is 2.64. The van der Waals surface area contributed by atoms with E-state index >= 15 is 0 Å². The Morgan fingerprint density at radius 2 is 1.79 bits per heavy atom. The van der Waals surface area contributed by atoms with Crippen LogP contribution in [0.15, 0.2) is 42.2 Å². The monoisotopic (exact) mass is 461 g/mol. The molecule has 0 saturated heterocycles. The van der Waals surface area contributed by atoms with Crippen molar-refractivity contribution in [1.29, 1.82) is 10.5 Å². The van der Waals surface area contributed by atoms with Crippen molar-refractivity contribution in [2.24, 2.45) is 5.73 Å². The molecule has 0 aliphatic heterocycles. The van der Waals surface area contributed by atoms with Crippen molar-refractivity contribution in [2.45, 2.75) is 34.1 Å². The minimum absolute atomic E-state index is 0.00686. The van der Waals surface area contributed by atoms with Gasteiger partial charge in [-0.1, -0.05) is 26.3 Å². The second-order valence-electron chi connectivity index (χ2n) is 7.08. The Balaban J connectivity index is 0.00000182. The van der Waals surface area contributed by atoms with Gasteiger partial charge in [-0.3, -0.25) is 14.4 Å². The highest BCUT2D eigenvalue weighted by Crippen LogP contribution is 2.24. The number of rotatable bonds is 7. The summed E-state index contributed by atoms with van der Waals surface area (Å²) in [6.45, 7) is 7.36. The van der Waals surface area contributed by atoms with Crippen LogP contribution >= 0.6 is 0 Å². The van der Waals surface area contributed by atoms with Gasteiger partial charge in [0.15, 0.2) is 0 Å². The molecule has 10 heteroatoms. The SMILES string of the molecule is CCC.Cc1cccnc1N/C(=C\C(N)=O)C(=O)Nc1c(C)cc(C#N)cc1C(=O)NCC#N. The van der Waals surface area contributed by atoms with E-state index in [9.17, 15) is 19.6 Å². The van der Waals surface area contributed by atoms with Crippen LogP contribution in [0.1, 0.15) is 47.3 Å². The van der Waals surface area contributed by atoms with E-state index in [4.69, 9.17) is 11.0 Å². The van der Waals surface area contributed by atoms with Gasteiger partial charge in [-0.05, 0) is 43.2 Å². The van der Waals surface area contributed by atoms with Crippen LogP contribution in [0.3, 0.4) is 0 Å². The number of hydrogen-bond donors (Lipinski definition) is 4. The maximum absolute atomic E-state index is 12.9. The molecule has 0 saturated carbocycles. The first-order valence-corrected chi connectivity index (χ1v) is 10.4. The van der Waals surface area contributed by atoms with E-state index in [1.807, 2.05) is 6.07 Å². The molecule has 0 radical (unpaired) electrons.